The van der Waals surface area contributed by atoms with Gasteiger partial charge in [-0.15, -0.1) is 0 Å². The van der Waals surface area contributed by atoms with Crippen molar-refractivity contribution in [1.29, 1.82) is 5.26 Å². The second kappa shape index (κ2) is 10.2. The second-order valence-corrected chi connectivity index (χ2v) is 8.13. The van der Waals surface area contributed by atoms with Gasteiger partial charge in [0.15, 0.2) is 0 Å². The van der Waals surface area contributed by atoms with Gasteiger partial charge in [-0.05, 0) is 46.7 Å². The van der Waals surface area contributed by atoms with Crippen molar-refractivity contribution >= 4 is 51.6 Å². The zero-order valence-electron chi connectivity index (χ0n) is 17.4. The van der Waals surface area contributed by atoms with E-state index in [4.69, 9.17) is 27.9 Å². The van der Waals surface area contributed by atoms with Crippen molar-refractivity contribution in [2.24, 2.45) is 0 Å². The average molecular weight is 473 g/mol. The maximum atomic E-state index is 12.9. The van der Waals surface area contributed by atoms with E-state index in [2.05, 4.69) is 5.32 Å². The number of carbonyl (C=O) groups is 1. The summed E-state index contributed by atoms with van der Waals surface area (Å²) in [6, 6.07) is 28.0. The number of halogens is 2. The van der Waals surface area contributed by atoms with Crippen LogP contribution in [0.5, 0.6) is 5.75 Å². The van der Waals surface area contributed by atoms with E-state index in [1.54, 1.807) is 24.3 Å². The van der Waals surface area contributed by atoms with Gasteiger partial charge in [0.2, 0.25) is 0 Å². The van der Waals surface area contributed by atoms with E-state index < -0.39 is 5.91 Å². The largest absolute Gasteiger partial charge is 0.488 e. The Balaban J connectivity index is 1.70. The molecule has 4 nitrogen and oxygen atoms in total. The number of anilines is 1. The summed E-state index contributed by atoms with van der Waals surface area (Å²) >= 11 is 12.0. The van der Waals surface area contributed by atoms with Gasteiger partial charge in [-0.3, -0.25) is 4.79 Å². The number of carbonyl (C=O) groups excluding carboxylic acids is 1. The molecule has 1 N–H and O–H groups in total. The van der Waals surface area contributed by atoms with Crippen molar-refractivity contribution in [3.05, 3.63) is 112 Å². The zero-order valence-corrected chi connectivity index (χ0v) is 18.9. The fourth-order valence-electron chi connectivity index (χ4n) is 3.40. The normalized spacial score (nSPS) is 11.1. The molecule has 0 saturated carbocycles. The lowest BCUT2D eigenvalue weighted by Gasteiger charge is -2.13. The van der Waals surface area contributed by atoms with Crippen LogP contribution in [-0.2, 0) is 11.4 Å². The first kappa shape index (κ1) is 22.4. The molecule has 0 aliphatic carbocycles. The molecule has 0 fully saturated rings. The van der Waals surface area contributed by atoms with E-state index in [0.717, 1.165) is 16.3 Å². The van der Waals surface area contributed by atoms with Crippen LogP contribution in [0.4, 0.5) is 5.69 Å². The molecule has 0 unspecified atom stereocenters. The summed E-state index contributed by atoms with van der Waals surface area (Å²) in [5, 5.41) is 15.0. The third-order valence-corrected chi connectivity index (χ3v) is 5.38. The van der Waals surface area contributed by atoms with Gasteiger partial charge in [0.05, 0.1) is 0 Å². The van der Waals surface area contributed by atoms with E-state index in [1.807, 2.05) is 72.8 Å². The molecule has 0 spiro atoms. The fourth-order valence-corrected chi connectivity index (χ4v) is 3.93. The Hall–Kier alpha value is -3.78. The molecule has 162 valence electrons. The quantitative estimate of drug-likeness (QED) is 0.237. The summed E-state index contributed by atoms with van der Waals surface area (Å²) < 4.78 is 6.09. The number of fused-ring (bicyclic) bond motifs is 1. The van der Waals surface area contributed by atoms with Gasteiger partial charge in [0.25, 0.3) is 5.91 Å². The summed E-state index contributed by atoms with van der Waals surface area (Å²) in [6.45, 7) is 0.356. The van der Waals surface area contributed by atoms with Gasteiger partial charge in [-0.25, -0.2) is 0 Å². The van der Waals surface area contributed by atoms with Gasteiger partial charge in [0, 0.05) is 21.3 Å². The molecule has 0 radical (unpaired) electrons. The topological polar surface area (TPSA) is 62.1 Å². The number of rotatable bonds is 6. The molecule has 4 aromatic carbocycles. The predicted molar refractivity (Wildman–Crippen MR) is 133 cm³/mol. The van der Waals surface area contributed by atoms with Crippen LogP contribution in [0.25, 0.3) is 16.8 Å². The van der Waals surface area contributed by atoms with Crippen LogP contribution in [0.3, 0.4) is 0 Å². The molecule has 0 aromatic heterocycles. The van der Waals surface area contributed by atoms with E-state index in [-0.39, 0.29) is 5.57 Å². The van der Waals surface area contributed by atoms with Crippen LogP contribution in [0.1, 0.15) is 11.1 Å². The van der Waals surface area contributed by atoms with Crippen molar-refractivity contribution in [2.45, 2.75) is 6.61 Å². The van der Waals surface area contributed by atoms with Crippen molar-refractivity contribution in [3.63, 3.8) is 0 Å². The van der Waals surface area contributed by atoms with E-state index >= 15 is 0 Å². The Morgan fingerprint density at radius 1 is 0.939 bits per heavy atom. The maximum Gasteiger partial charge on any atom is 0.266 e. The van der Waals surface area contributed by atoms with Gasteiger partial charge in [-0.2, -0.15) is 5.26 Å². The Morgan fingerprint density at radius 3 is 2.36 bits per heavy atom. The highest BCUT2D eigenvalue weighted by Gasteiger charge is 2.14. The van der Waals surface area contributed by atoms with Gasteiger partial charge >= 0.3 is 0 Å². The highest BCUT2D eigenvalue weighted by Crippen LogP contribution is 2.31. The van der Waals surface area contributed by atoms with Crippen LogP contribution >= 0.6 is 23.2 Å². The molecular formula is C27H18Cl2N2O2. The number of ether oxygens (including phenoxy) is 1. The summed E-state index contributed by atoms with van der Waals surface area (Å²) in [4.78, 5) is 12.9. The number of benzene rings is 4. The van der Waals surface area contributed by atoms with Gasteiger partial charge in [-0.1, -0.05) is 83.9 Å². The van der Waals surface area contributed by atoms with E-state index in [1.165, 1.54) is 0 Å². The maximum absolute atomic E-state index is 12.9. The minimum atomic E-state index is -0.572. The molecule has 6 heteroatoms. The SMILES string of the molecule is N#C/C(=C\c1c(OCc2ccccc2)ccc2ccccc12)C(=O)Nc1cc(Cl)cc(Cl)c1. The first-order valence-electron chi connectivity index (χ1n) is 10.1. The monoisotopic (exact) mass is 472 g/mol. The lowest BCUT2D eigenvalue weighted by Crippen LogP contribution is -2.13. The van der Waals surface area contributed by atoms with Crippen molar-refractivity contribution < 1.29 is 9.53 Å². The minimum Gasteiger partial charge on any atom is -0.488 e. The fraction of sp³-hybridized carbons (Fsp3) is 0.0370. The zero-order chi connectivity index (χ0) is 23.2. The van der Waals surface area contributed by atoms with Gasteiger partial charge in [0.1, 0.15) is 24.0 Å². The number of nitriles is 1. The molecule has 0 aliphatic heterocycles. The number of nitrogens with zero attached hydrogens (tertiary/aromatic N) is 1. The lowest BCUT2D eigenvalue weighted by atomic mass is 10.0. The first-order chi connectivity index (χ1) is 16.0. The van der Waals surface area contributed by atoms with E-state index in [0.29, 0.717) is 33.7 Å². The van der Waals surface area contributed by atoms with Crippen LogP contribution in [0, 0.1) is 11.3 Å². The lowest BCUT2D eigenvalue weighted by molar-refractivity contribution is -0.112. The molecule has 0 heterocycles. The highest BCUT2D eigenvalue weighted by molar-refractivity contribution is 6.35. The number of amides is 1. The molecule has 33 heavy (non-hydrogen) atoms. The van der Waals surface area contributed by atoms with Gasteiger partial charge < -0.3 is 10.1 Å². The molecule has 4 rings (SSSR count). The van der Waals surface area contributed by atoms with Crippen molar-refractivity contribution in [3.8, 4) is 11.8 Å². The third-order valence-electron chi connectivity index (χ3n) is 4.94. The summed E-state index contributed by atoms with van der Waals surface area (Å²) in [5.74, 6) is 0.00156. The van der Waals surface area contributed by atoms with Crippen molar-refractivity contribution in [2.75, 3.05) is 5.32 Å². The highest BCUT2D eigenvalue weighted by atomic mass is 35.5. The minimum absolute atomic E-state index is 0.0768. The number of hydrogen-bond acceptors (Lipinski definition) is 3. The predicted octanol–water partition coefficient (Wildman–Crippen LogP) is 7.27. The smallest absolute Gasteiger partial charge is 0.266 e. The molecule has 0 aliphatic rings. The molecule has 0 atom stereocenters. The third kappa shape index (κ3) is 5.53. The Morgan fingerprint density at radius 2 is 1.64 bits per heavy atom. The Labute approximate surface area is 201 Å². The van der Waals surface area contributed by atoms with Crippen LogP contribution in [-0.4, -0.2) is 5.91 Å². The second-order valence-electron chi connectivity index (χ2n) is 7.25. The first-order valence-corrected chi connectivity index (χ1v) is 10.9. The van der Waals surface area contributed by atoms with E-state index in [9.17, 15) is 10.1 Å². The molecule has 4 aromatic rings. The van der Waals surface area contributed by atoms with Crippen LogP contribution in [0.2, 0.25) is 10.0 Å². The molecule has 0 bridgehead atoms. The Bertz CT molecular complexity index is 1370. The van der Waals surface area contributed by atoms with Crippen LogP contribution < -0.4 is 10.1 Å². The Kier molecular flexibility index (Phi) is 6.95. The molecule has 0 saturated heterocycles. The summed E-state index contributed by atoms with van der Waals surface area (Å²) in [6.07, 6.45) is 1.55. The molecule has 1 amide bonds. The summed E-state index contributed by atoms with van der Waals surface area (Å²) in [7, 11) is 0. The number of nitrogens with one attached hydrogen (secondary N) is 1. The summed E-state index contributed by atoms with van der Waals surface area (Å²) in [5.41, 5.74) is 1.99. The standard InChI is InChI=1S/C27H18Cl2N2O2/c28-21-13-22(29)15-23(14-21)31-27(32)20(16-30)12-25-24-9-5-4-8-19(24)10-11-26(25)33-17-18-6-2-1-3-7-18/h1-15H,17H2,(H,31,32)/b20-12+. The van der Waals surface area contributed by atoms with Crippen molar-refractivity contribution in [1.82, 2.24) is 0 Å². The molecular weight excluding hydrogens is 455 g/mol. The van der Waals surface area contributed by atoms with Crippen LogP contribution in [0.15, 0.2) is 90.5 Å². The number of hydrogen-bond donors (Lipinski definition) is 1. The average Bonchev–Trinajstić information content (AvgIpc) is 2.81.